The van der Waals surface area contributed by atoms with Crippen molar-refractivity contribution >= 4 is 22.4 Å². The highest BCUT2D eigenvalue weighted by atomic mass is 35.5. The lowest BCUT2D eigenvalue weighted by molar-refractivity contribution is 0.227. The van der Waals surface area contributed by atoms with E-state index in [2.05, 4.69) is 0 Å². The van der Waals surface area contributed by atoms with Gasteiger partial charge in [0.05, 0.1) is 4.90 Å². The largest absolute Gasteiger partial charge is 0.326 e. The lowest BCUT2D eigenvalue weighted by Gasteiger charge is -2.37. The van der Waals surface area contributed by atoms with Crippen LogP contribution in [-0.4, -0.2) is 31.4 Å². The van der Waals surface area contributed by atoms with Gasteiger partial charge in [-0.25, -0.2) is 12.8 Å². The van der Waals surface area contributed by atoms with Crippen molar-refractivity contribution < 1.29 is 12.8 Å². The summed E-state index contributed by atoms with van der Waals surface area (Å²) in [7, 11) is -3.65. The maximum Gasteiger partial charge on any atom is 0.243 e. The molecule has 0 amide bonds. The molecule has 4 nitrogen and oxygen atoms in total. The van der Waals surface area contributed by atoms with E-state index >= 15 is 0 Å². The van der Waals surface area contributed by atoms with Crippen molar-refractivity contribution in [2.75, 3.05) is 6.54 Å². The Labute approximate surface area is 138 Å². The van der Waals surface area contributed by atoms with Crippen LogP contribution in [-0.2, 0) is 10.0 Å². The van der Waals surface area contributed by atoms with Gasteiger partial charge in [-0.1, -0.05) is 6.42 Å². The summed E-state index contributed by atoms with van der Waals surface area (Å²) in [5, 5.41) is 0. The number of sulfonamides is 1. The van der Waals surface area contributed by atoms with Crippen LogP contribution in [0.1, 0.15) is 37.3 Å². The summed E-state index contributed by atoms with van der Waals surface area (Å²) in [5.41, 5.74) is 6.86. The van der Waals surface area contributed by atoms with Gasteiger partial charge >= 0.3 is 0 Å². The van der Waals surface area contributed by atoms with Crippen molar-refractivity contribution in [1.29, 1.82) is 0 Å². The third-order valence-corrected chi connectivity index (χ3v) is 6.33. The van der Waals surface area contributed by atoms with Gasteiger partial charge in [-0.3, -0.25) is 0 Å². The highest BCUT2D eigenvalue weighted by molar-refractivity contribution is 7.89. The van der Waals surface area contributed by atoms with Crippen molar-refractivity contribution in [3.8, 4) is 0 Å². The van der Waals surface area contributed by atoms with Crippen LogP contribution < -0.4 is 5.73 Å². The predicted octanol–water partition coefficient (Wildman–Crippen LogP) is 2.75. The van der Waals surface area contributed by atoms with Gasteiger partial charge in [-0.05, 0) is 56.9 Å². The van der Waals surface area contributed by atoms with E-state index in [1.54, 1.807) is 13.8 Å². The van der Waals surface area contributed by atoms with E-state index in [0.717, 1.165) is 19.3 Å². The van der Waals surface area contributed by atoms with Crippen LogP contribution in [0.2, 0.25) is 0 Å². The van der Waals surface area contributed by atoms with Crippen molar-refractivity contribution in [3.05, 3.63) is 29.1 Å². The van der Waals surface area contributed by atoms with Gasteiger partial charge in [0.15, 0.2) is 0 Å². The van der Waals surface area contributed by atoms with Crippen LogP contribution in [0.25, 0.3) is 0 Å². The number of hydrogen-bond acceptors (Lipinski definition) is 3. The van der Waals surface area contributed by atoms with E-state index in [4.69, 9.17) is 5.73 Å². The minimum Gasteiger partial charge on any atom is -0.326 e. The van der Waals surface area contributed by atoms with Crippen LogP contribution in [0.15, 0.2) is 17.0 Å². The van der Waals surface area contributed by atoms with Gasteiger partial charge in [0, 0.05) is 18.6 Å². The number of nitrogens with zero attached hydrogens (tertiary/aromatic N) is 1. The van der Waals surface area contributed by atoms with Gasteiger partial charge in [-0.2, -0.15) is 4.31 Å². The minimum atomic E-state index is -3.65. The fourth-order valence-electron chi connectivity index (χ4n) is 3.18. The number of hydrogen-bond donors (Lipinski definition) is 1. The fourth-order valence-corrected chi connectivity index (χ4v) is 5.37. The molecule has 7 heteroatoms. The zero-order valence-electron chi connectivity index (χ0n) is 13.2. The second-order valence-electron chi connectivity index (χ2n) is 5.91. The highest BCUT2D eigenvalue weighted by Gasteiger charge is 2.36. The summed E-state index contributed by atoms with van der Waals surface area (Å²) in [6.07, 6.45) is 2.59. The van der Waals surface area contributed by atoms with Gasteiger partial charge in [-0.15, -0.1) is 12.4 Å². The van der Waals surface area contributed by atoms with E-state index in [9.17, 15) is 12.8 Å². The second-order valence-corrected chi connectivity index (χ2v) is 7.73. The predicted molar refractivity (Wildman–Crippen MR) is 88.3 cm³/mol. The van der Waals surface area contributed by atoms with E-state index < -0.39 is 15.8 Å². The highest BCUT2D eigenvalue weighted by Crippen LogP contribution is 2.30. The number of rotatable bonds is 3. The maximum atomic E-state index is 13.4. The summed E-state index contributed by atoms with van der Waals surface area (Å²) in [4.78, 5) is 0.219. The quantitative estimate of drug-likeness (QED) is 0.911. The molecule has 0 radical (unpaired) electrons. The molecular weight excluding hydrogens is 327 g/mol. The van der Waals surface area contributed by atoms with Crippen molar-refractivity contribution in [1.82, 2.24) is 4.31 Å². The first-order valence-corrected chi connectivity index (χ1v) is 8.73. The number of benzene rings is 1. The lowest BCUT2D eigenvalue weighted by Crippen LogP contribution is -2.51. The molecule has 2 rings (SSSR count). The Morgan fingerprint density at radius 3 is 2.32 bits per heavy atom. The zero-order valence-corrected chi connectivity index (χ0v) is 14.8. The summed E-state index contributed by atoms with van der Waals surface area (Å²) in [6.45, 7) is 5.58. The summed E-state index contributed by atoms with van der Waals surface area (Å²) < 4.78 is 40.9. The van der Waals surface area contributed by atoms with Gasteiger partial charge in [0.25, 0.3) is 0 Å². The molecule has 0 bridgehead atoms. The summed E-state index contributed by atoms with van der Waals surface area (Å²) >= 11 is 0. The van der Waals surface area contributed by atoms with Gasteiger partial charge in [0.1, 0.15) is 5.82 Å². The Morgan fingerprint density at radius 2 is 1.82 bits per heavy atom. The maximum absolute atomic E-state index is 13.4. The number of piperidine rings is 1. The third kappa shape index (κ3) is 3.62. The molecule has 2 unspecified atom stereocenters. The Bertz CT molecular complexity index is 611. The molecule has 0 aromatic heterocycles. The van der Waals surface area contributed by atoms with E-state index in [1.807, 2.05) is 6.92 Å². The molecular formula is C15H24ClFN2O2S. The first-order valence-electron chi connectivity index (χ1n) is 7.29. The molecule has 2 N–H and O–H groups in total. The van der Waals surface area contributed by atoms with Crippen LogP contribution in [0.3, 0.4) is 0 Å². The monoisotopic (exact) mass is 350 g/mol. The van der Waals surface area contributed by atoms with Gasteiger partial charge < -0.3 is 5.73 Å². The van der Waals surface area contributed by atoms with E-state index in [-0.39, 0.29) is 29.4 Å². The fraction of sp³-hybridized carbons (Fsp3) is 0.600. The molecule has 1 aromatic carbocycles. The first kappa shape index (κ1) is 19.4. The molecule has 22 heavy (non-hydrogen) atoms. The number of aryl methyl sites for hydroxylation is 2. The Hall–Kier alpha value is -0.690. The minimum absolute atomic E-state index is 0. The molecule has 1 aliphatic heterocycles. The molecule has 1 aromatic rings. The Morgan fingerprint density at radius 1 is 1.27 bits per heavy atom. The molecule has 126 valence electrons. The normalized spacial score (nSPS) is 21.2. The molecule has 0 spiro atoms. The molecule has 1 heterocycles. The topological polar surface area (TPSA) is 63.4 Å². The summed E-state index contributed by atoms with van der Waals surface area (Å²) in [6, 6.07) is 2.13. The lowest BCUT2D eigenvalue weighted by atomic mass is 10.00. The second kappa shape index (κ2) is 7.25. The van der Waals surface area contributed by atoms with Gasteiger partial charge in [0.2, 0.25) is 10.0 Å². The van der Waals surface area contributed by atoms with Crippen molar-refractivity contribution in [2.24, 2.45) is 5.73 Å². The van der Waals surface area contributed by atoms with Crippen molar-refractivity contribution in [2.45, 2.75) is 57.0 Å². The molecule has 2 atom stereocenters. The standard InChI is InChI=1S/C15H23FN2O2S.ClH/c1-10-8-13(16)9-11(2)15(10)21(19,20)18-7-5-4-6-14(18)12(3)17;/h8-9,12,14H,4-7,17H2,1-3H3;1H. The van der Waals surface area contributed by atoms with Crippen molar-refractivity contribution in [3.63, 3.8) is 0 Å². The van der Waals surface area contributed by atoms with E-state index in [0.29, 0.717) is 17.7 Å². The van der Waals surface area contributed by atoms with Crippen LogP contribution in [0.5, 0.6) is 0 Å². The molecule has 1 aliphatic rings. The zero-order chi connectivity index (χ0) is 15.8. The summed E-state index contributed by atoms with van der Waals surface area (Å²) in [5.74, 6) is -0.411. The van der Waals surface area contributed by atoms with Crippen LogP contribution in [0, 0.1) is 19.7 Å². The molecule has 1 fully saturated rings. The smallest absolute Gasteiger partial charge is 0.243 e. The third-order valence-electron chi connectivity index (χ3n) is 4.10. The first-order chi connectivity index (χ1) is 9.75. The van der Waals surface area contributed by atoms with Crippen LogP contribution >= 0.6 is 12.4 Å². The number of halogens is 2. The average Bonchev–Trinajstić information content (AvgIpc) is 2.37. The Kier molecular flexibility index (Phi) is 6.38. The molecule has 0 aliphatic carbocycles. The van der Waals surface area contributed by atoms with Crippen LogP contribution in [0.4, 0.5) is 4.39 Å². The number of nitrogens with two attached hydrogens (primary N) is 1. The SMILES string of the molecule is Cc1cc(F)cc(C)c1S(=O)(=O)N1CCCCC1C(C)N.Cl. The Balaban J connectivity index is 0.00000242. The molecule has 0 saturated carbocycles. The average molecular weight is 351 g/mol. The van der Waals surface area contributed by atoms with E-state index in [1.165, 1.54) is 16.4 Å². The molecule has 1 saturated heterocycles.